The van der Waals surface area contributed by atoms with Gasteiger partial charge in [0.05, 0.1) is 4.92 Å². The molecule has 2 rings (SSSR count). The van der Waals surface area contributed by atoms with Crippen LogP contribution in [0.15, 0.2) is 42.5 Å². The quantitative estimate of drug-likeness (QED) is 0.663. The van der Waals surface area contributed by atoms with Gasteiger partial charge in [-0.1, -0.05) is 29.8 Å². The number of hydrogen-bond acceptors (Lipinski definition) is 3. The summed E-state index contributed by atoms with van der Waals surface area (Å²) in [6, 6.07) is 12.8. The lowest BCUT2D eigenvalue weighted by molar-refractivity contribution is -0.385. The van der Waals surface area contributed by atoms with E-state index in [2.05, 4.69) is 5.32 Å². The summed E-state index contributed by atoms with van der Waals surface area (Å²) < 4.78 is 0. The highest BCUT2D eigenvalue weighted by Crippen LogP contribution is 2.22. The number of benzene rings is 2. The van der Waals surface area contributed by atoms with Crippen molar-refractivity contribution in [1.82, 2.24) is 0 Å². The Morgan fingerprint density at radius 3 is 2.55 bits per heavy atom. The maximum Gasteiger partial charge on any atom is 0.274 e. The Morgan fingerprint density at radius 1 is 1.20 bits per heavy atom. The molecule has 0 aliphatic heterocycles. The monoisotopic (exact) mass is 290 g/mol. The molecule has 0 fully saturated rings. The average molecular weight is 291 g/mol. The van der Waals surface area contributed by atoms with Crippen LogP contribution in [0.5, 0.6) is 0 Å². The standard InChI is InChI=1S/C15H15ClN2O2/c1-11-2-7-14(10-15(11)18(19)20)17-9-8-12-3-5-13(16)6-4-12/h2-7,10,17H,8-9H2,1H3. The molecule has 0 atom stereocenters. The van der Waals surface area contributed by atoms with Crippen LogP contribution in [0.25, 0.3) is 0 Å². The zero-order valence-electron chi connectivity index (χ0n) is 11.1. The Labute approximate surface area is 122 Å². The van der Waals surface area contributed by atoms with Crippen molar-refractivity contribution in [2.75, 3.05) is 11.9 Å². The number of nitrogens with zero attached hydrogens (tertiary/aromatic N) is 1. The molecule has 4 nitrogen and oxygen atoms in total. The second kappa shape index (κ2) is 6.39. The first kappa shape index (κ1) is 14.3. The molecule has 0 saturated heterocycles. The van der Waals surface area contributed by atoms with Crippen LogP contribution in [0.2, 0.25) is 5.02 Å². The third-order valence-electron chi connectivity index (χ3n) is 3.06. The van der Waals surface area contributed by atoms with E-state index < -0.39 is 0 Å². The molecule has 0 bridgehead atoms. The lowest BCUT2D eigenvalue weighted by atomic mass is 10.1. The first-order valence-electron chi connectivity index (χ1n) is 6.29. The molecular weight excluding hydrogens is 276 g/mol. The molecule has 0 spiro atoms. The summed E-state index contributed by atoms with van der Waals surface area (Å²) >= 11 is 5.82. The summed E-state index contributed by atoms with van der Waals surface area (Å²) in [7, 11) is 0. The first-order valence-corrected chi connectivity index (χ1v) is 6.67. The molecule has 104 valence electrons. The highest BCUT2D eigenvalue weighted by atomic mass is 35.5. The van der Waals surface area contributed by atoms with Crippen molar-refractivity contribution in [2.24, 2.45) is 0 Å². The van der Waals surface area contributed by atoms with Crippen molar-refractivity contribution in [3.8, 4) is 0 Å². The van der Waals surface area contributed by atoms with E-state index in [0.29, 0.717) is 12.1 Å². The van der Waals surface area contributed by atoms with Crippen molar-refractivity contribution in [2.45, 2.75) is 13.3 Å². The lowest BCUT2D eigenvalue weighted by Crippen LogP contribution is -2.05. The normalized spacial score (nSPS) is 10.3. The van der Waals surface area contributed by atoms with Crippen LogP contribution in [-0.2, 0) is 6.42 Å². The molecule has 0 amide bonds. The van der Waals surface area contributed by atoms with Crippen LogP contribution in [0.4, 0.5) is 11.4 Å². The van der Waals surface area contributed by atoms with E-state index in [0.717, 1.165) is 17.1 Å². The number of hydrogen-bond donors (Lipinski definition) is 1. The molecule has 0 aliphatic carbocycles. The highest BCUT2D eigenvalue weighted by molar-refractivity contribution is 6.30. The molecule has 0 heterocycles. The van der Waals surface area contributed by atoms with E-state index in [-0.39, 0.29) is 10.6 Å². The fourth-order valence-electron chi connectivity index (χ4n) is 1.92. The van der Waals surface area contributed by atoms with E-state index in [1.54, 1.807) is 19.1 Å². The van der Waals surface area contributed by atoms with Crippen molar-refractivity contribution >= 4 is 23.0 Å². The second-order valence-corrected chi connectivity index (χ2v) is 5.00. The fraction of sp³-hybridized carbons (Fsp3) is 0.200. The van der Waals surface area contributed by atoms with Gasteiger partial charge in [-0.2, -0.15) is 0 Å². The zero-order chi connectivity index (χ0) is 14.5. The molecule has 0 radical (unpaired) electrons. The summed E-state index contributed by atoms with van der Waals surface area (Å²) in [4.78, 5) is 10.5. The van der Waals surface area contributed by atoms with Crippen LogP contribution < -0.4 is 5.32 Å². The Morgan fingerprint density at radius 2 is 1.90 bits per heavy atom. The largest absolute Gasteiger partial charge is 0.385 e. The topological polar surface area (TPSA) is 55.2 Å². The van der Waals surface area contributed by atoms with Crippen molar-refractivity contribution in [3.63, 3.8) is 0 Å². The third kappa shape index (κ3) is 3.71. The number of nitro groups is 1. The van der Waals surface area contributed by atoms with Gasteiger partial charge in [0, 0.05) is 28.9 Å². The molecule has 0 saturated carbocycles. The van der Waals surface area contributed by atoms with Gasteiger partial charge in [-0.3, -0.25) is 10.1 Å². The predicted molar refractivity (Wildman–Crippen MR) is 81.5 cm³/mol. The summed E-state index contributed by atoms with van der Waals surface area (Å²) in [6.07, 6.45) is 0.832. The Bertz CT molecular complexity index is 612. The number of halogens is 1. The molecule has 0 unspecified atom stereocenters. The van der Waals surface area contributed by atoms with Gasteiger partial charge in [-0.15, -0.1) is 0 Å². The van der Waals surface area contributed by atoms with E-state index in [1.807, 2.05) is 30.3 Å². The van der Waals surface area contributed by atoms with Crippen LogP contribution in [-0.4, -0.2) is 11.5 Å². The summed E-state index contributed by atoms with van der Waals surface area (Å²) in [5.41, 5.74) is 2.74. The van der Waals surface area contributed by atoms with E-state index >= 15 is 0 Å². The molecule has 2 aromatic carbocycles. The molecule has 0 aliphatic rings. The lowest BCUT2D eigenvalue weighted by Gasteiger charge is -2.07. The average Bonchev–Trinajstić information content (AvgIpc) is 2.42. The molecule has 1 N–H and O–H groups in total. The van der Waals surface area contributed by atoms with Gasteiger partial charge < -0.3 is 5.32 Å². The predicted octanol–water partition coefficient (Wildman–Crippen LogP) is 4.21. The zero-order valence-corrected chi connectivity index (χ0v) is 11.9. The van der Waals surface area contributed by atoms with Crippen LogP contribution in [0, 0.1) is 17.0 Å². The number of nitro benzene ring substituents is 1. The second-order valence-electron chi connectivity index (χ2n) is 4.56. The molecule has 5 heteroatoms. The van der Waals surface area contributed by atoms with Gasteiger partial charge in [0.2, 0.25) is 0 Å². The minimum Gasteiger partial charge on any atom is -0.385 e. The highest BCUT2D eigenvalue weighted by Gasteiger charge is 2.10. The smallest absolute Gasteiger partial charge is 0.274 e. The number of rotatable bonds is 5. The van der Waals surface area contributed by atoms with E-state index in [9.17, 15) is 10.1 Å². The van der Waals surface area contributed by atoms with Crippen LogP contribution in [0.3, 0.4) is 0 Å². The Kier molecular flexibility index (Phi) is 4.58. The summed E-state index contributed by atoms with van der Waals surface area (Å²) in [5, 5.41) is 14.8. The molecule has 2 aromatic rings. The number of aryl methyl sites for hydroxylation is 1. The first-order chi connectivity index (χ1) is 9.56. The van der Waals surface area contributed by atoms with Crippen LogP contribution in [0.1, 0.15) is 11.1 Å². The third-order valence-corrected chi connectivity index (χ3v) is 3.31. The fourth-order valence-corrected chi connectivity index (χ4v) is 2.04. The Hall–Kier alpha value is -2.07. The minimum atomic E-state index is -0.361. The molecule has 20 heavy (non-hydrogen) atoms. The van der Waals surface area contributed by atoms with Gasteiger partial charge in [0.25, 0.3) is 5.69 Å². The van der Waals surface area contributed by atoms with Gasteiger partial charge in [0.15, 0.2) is 0 Å². The maximum absolute atomic E-state index is 10.9. The van der Waals surface area contributed by atoms with Crippen LogP contribution >= 0.6 is 11.6 Å². The Balaban J connectivity index is 1.96. The summed E-state index contributed by atoms with van der Waals surface area (Å²) in [5.74, 6) is 0. The number of nitrogens with one attached hydrogen (secondary N) is 1. The number of anilines is 1. The minimum absolute atomic E-state index is 0.140. The van der Waals surface area contributed by atoms with Gasteiger partial charge in [-0.25, -0.2) is 0 Å². The van der Waals surface area contributed by atoms with E-state index in [4.69, 9.17) is 11.6 Å². The van der Waals surface area contributed by atoms with E-state index in [1.165, 1.54) is 5.56 Å². The van der Waals surface area contributed by atoms with Gasteiger partial charge in [-0.05, 0) is 37.1 Å². The molecular formula is C15H15ClN2O2. The SMILES string of the molecule is Cc1ccc(NCCc2ccc(Cl)cc2)cc1[N+](=O)[O-]. The molecule has 0 aromatic heterocycles. The maximum atomic E-state index is 10.9. The summed E-state index contributed by atoms with van der Waals surface area (Å²) in [6.45, 7) is 2.44. The van der Waals surface area contributed by atoms with Crippen molar-refractivity contribution in [3.05, 3.63) is 68.7 Å². The van der Waals surface area contributed by atoms with Crippen molar-refractivity contribution in [1.29, 1.82) is 0 Å². The van der Waals surface area contributed by atoms with Gasteiger partial charge >= 0.3 is 0 Å². The van der Waals surface area contributed by atoms with Gasteiger partial charge in [0.1, 0.15) is 0 Å². The van der Waals surface area contributed by atoms with Crippen molar-refractivity contribution < 1.29 is 4.92 Å².